The number of ether oxygens (including phenoxy) is 1. The summed E-state index contributed by atoms with van der Waals surface area (Å²) in [5, 5.41) is 0. The lowest BCUT2D eigenvalue weighted by Gasteiger charge is -2.38. The molecule has 102 valence electrons. The number of nitrogens with zero attached hydrogens (tertiary/aromatic N) is 1. The molecule has 0 saturated carbocycles. The van der Waals surface area contributed by atoms with Crippen molar-refractivity contribution in [3.8, 4) is 0 Å². The molecule has 19 heavy (non-hydrogen) atoms. The normalized spacial score (nSPS) is 26.8. The second-order valence-corrected chi connectivity index (χ2v) is 6.23. The van der Waals surface area contributed by atoms with Gasteiger partial charge in [-0.15, -0.1) is 0 Å². The van der Waals surface area contributed by atoms with Crippen molar-refractivity contribution >= 4 is 23.5 Å². The van der Waals surface area contributed by atoms with Crippen LogP contribution in [0, 0.1) is 0 Å². The zero-order chi connectivity index (χ0) is 13.3. The van der Waals surface area contributed by atoms with Crippen molar-refractivity contribution in [3.63, 3.8) is 0 Å². The molecule has 1 spiro atoms. The number of hydrogen-bond acceptors (Lipinski definition) is 4. The number of thioether (sulfide) groups is 1. The van der Waals surface area contributed by atoms with Crippen molar-refractivity contribution in [2.24, 2.45) is 5.73 Å². The summed E-state index contributed by atoms with van der Waals surface area (Å²) in [5.74, 6) is 2.04. The van der Waals surface area contributed by atoms with Gasteiger partial charge < -0.3 is 10.5 Å². The lowest BCUT2D eigenvalue weighted by molar-refractivity contribution is 0.0153. The monoisotopic (exact) mass is 278 g/mol. The predicted octanol–water partition coefficient (Wildman–Crippen LogP) is 2.37. The molecule has 0 radical (unpaired) electrons. The van der Waals surface area contributed by atoms with Crippen LogP contribution in [-0.4, -0.2) is 29.7 Å². The van der Waals surface area contributed by atoms with Gasteiger partial charge in [0.05, 0.1) is 0 Å². The summed E-state index contributed by atoms with van der Waals surface area (Å²) in [6.45, 7) is 1.26. The minimum absolute atomic E-state index is 0.199. The maximum Gasteiger partial charge on any atom is 0.414 e. The van der Waals surface area contributed by atoms with Gasteiger partial charge in [0.25, 0.3) is 0 Å². The van der Waals surface area contributed by atoms with Gasteiger partial charge in [-0.3, -0.25) is 4.90 Å². The quantitative estimate of drug-likeness (QED) is 0.902. The average Bonchev–Trinajstić information content (AvgIpc) is 2.87. The fourth-order valence-electron chi connectivity index (χ4n) is 2.61. The standard InChI is InChI=1S/C14H18N2O2S/c15-9-11-1-3-12(4-2-11)16-7-5-14(18-13(16)17)6-8-19-10-14/h1-4H,5-10,15H2. The largest absolute Gasteiger partial charge is 0.442 e. The van der Waals surface area contributed by atoms with E-state index in [4.69, 9.17) is 10.5 Å². The van der Waals surface area contributed by atoms with Crippen LogP contribution in [0.25, 0.3) is 0 Å². The minimum Gasteiger partial charge on any atom is -0.442 e. The topological polar surface area (TPSA) is 55.6 Å². The number of anilines is 1. The molecule has 2 N–H and O–H groups in total. The molecule has 0 aromatic heterocycles. The molecule has 1 amide bonds. The number of carbonyl (C=O) groups is 1. The van der Waals surface area contributed by atoms with E-state index in [9.17, 15) is 4.79 Å². The van der Waals surface area contributed by atoms with Gasteiger partial charge in [-0.1, -0.05) is 12.1 Å². The van der Waals surface area contributed by atoms with E-state index in [1.54, 1.807) is 4.90 Å². The van der Waals surface area contributed by atoms with Crippen molar-refractivity contribution < 1.29 is 9.53 Å². The third kappa shape index (κ3) is 2.44. The Morgan fingerprint density at radius 3 is 2.68 bits per heavy atom. The van der Waals surface area contributed by atoms with E-state index in [0.717, 1.165) is 42.1 Å². The van der Waals surface area contributed by atoms with Crippen LogP contribution in [0.3, 0.4) is 0 Å². The third-order valence-corrected chi connectivity index (χ3v) is 5.09. The zero-order valence-electron chi connectivity index (χ0n) is 10.8. The third-order valence-electron chi connectivity index (χ3n) is 3.87. The number of benzene rings is 1. The smallest absolute Gasteiger partial charge is 0.414 e. The Morgan fingerprint density at radius 2 is 2.11 bits per heavy atom. The molecular weight excluding hydrogens is 260 g/mol. The highest BCUT2D eigenvalue weighted by molar-refractivity contribution is 7.99. The molecule has 5 heteroatoms. The van der Waals surface area contributed by atoms with E-state index >= 15 is 0 Å². The van der Waals surface area contributed by atoms with Gasteiger partial charge in [0.1, 0.15) is 5.60 Å². The molecule has 2 aliphatic heterocycles. The summed E-state index contributed by atoms with van der Waals surface area (Å²) < 4.78 is 5.70. The molecule has 3 rings (SSSR count). The number of carbonyl (C=O) groups excluding carboxylic acids is 1. The van der Waals surface area contributed by atoms with E-state index in [1.165, 1.54) is 0 Å². The molecule has 1 unspecified atom stereocenters. The van der Waals surface area contributed by atoms with Gasteiger partial charge in [0.2, 0.25) is 0 Å². The molecule has 2 aliphatic rings. The first-order chi connectivity index (χ1) is 9.22. The second-order valence-electron chi connectivity index (χ2n) is 5.13. The highest BCUT2D eigenvalue weighted by atomic mass is 32.2. The van der Waals surface area contributed by atoms with Crippen LogP contribution in [0.5, 0.6) is 0 Å². The lowest BCUT2D eigenvalue weighted by atomic mass is 9.97. The molecule has 0 aliphatic carbocycles. The van der Waals surface area contributed by atoms with Crippen molar-refractivity contribution in [3.05, 3.63) is 29.8 Å². The van der Waals surface area contributed by atoms with E-state index < -0.39 is 0 Å². The van der Waals surface area contributed by atoms with E-state index in [-0.39, 0.29) is 11.7 Å². The van der Waals surface area contributed by atoms with Crippen molar-refractivity contribution in [2.45, 2.75) is 25.0 Å². The second kappa shape index (κ2) is 5.06. The molecule has 0 bridgehead atoms. The van der Waals surface area contributed by atoms with Crippen LogP contribution >= 0.6 is 11.8 Å². The van der Waals surface area contributed by atoms with Crippen molar-refractivity contribution in [1.29, 1.82) is 0 Å². The van der Waals surface area contributed by atoms with E-state index in [2.05, 4.69) is 0 Å². The maximum absolute atomic E-state index is 12.2. The minimum atomic E-state index is -0.214. The highest BCUT2D eigenvalue weighted by Crippen LogP contribution is 2.38. The van der Waals surface area contributed by atoms with Crippen LogP contribution in [-0.2, 0) is 11.3 Å². The van der Waals surface area contributed by atoms with Crippen LogP contribution in [0.1, 0.15) is 18.4 Å². The Labute approximate surface area is 117 Å². The Kier molecular flexibility index (Phi) is 3.41. The fraction of sp³-hybridized carbons (Fsp3) is 0.500. The number of rotatable bonds is 2. The molecule has 2 saturated heterocycles. The number of amides is 1. The molecular formula is C14H18N2O2S. The average molecular weight is 278 g/mol. The maximum atomic E-state index is 12.2. The Morgan fingerprint density at radius 1 is 1.32 bits per heavy atom. The van der Waals surface area contributed by atoms with E-state index in [0.29, 0.717) is 6.54 Å². The molecule has 2 fully saturated rings. The van der Waals surface area contributed by atoms with Gasteiger partial charge in [-0.25, -0.2) is 4.79 Å². The van der Waals surface area contributed by atoms with Crippen LogP contribution in [0.15, 0.2) is 24.3 Å². The SMILES string of the molecule is NCc1ccc(N2CCC3(CCSC3)OC2=O)cc1. The zero-order valence-corrected chi connectivity index (χ0v) is 11.6. The Hall–Kier alpha value is -1.20. The highest BCUT2D eigenvalue weighted by Gasteiger charge is 2.43. The summed E-state index contributed by atoms with van der Waals surface area (Å²) in [6.07, 6.45) is 1.70. The summed E-state index contributed by atoms with van der Waals surface area (Å²) in [5.41, 5.74) is 7.34. The Balaban J connectivity index is 1.74. The van der Waals surface area contributed by atoms with Crippen LogP contribution in [0.4, 0.5) is 10.5 Å². The molecule has 2 heterocycles. The van der Waals surface area contributed by atoms with E-state index in [1.807, 2.05) is 36.0 Å². The Bertz CT molecular complexity index is 469. The van der Waals surface area contributed by atoms with Gasteiger partial charge in [0.15, 0.2) is 0 Å². The van der Waals surface area contributed by atoms with Gasteiger partial charge in [-0.05, 0) is 29.9 Å². The molecule has 1 atom stereocenters. The summed E-state index contributed by atoms with van der Waals surface area (Å²) >= 11 is 1.87. The first kappa shape index (κ1) is 12.8. The van der Waals surface area contributed by atoms with Gasteiger partial charge >= 0.3 is 6.09 Å². The van der Waals surface area contributed by atoms with Crippen LogP contribution in [0.2, 0.25) is 0 Å². The summed E-state index contributed by atoms with van der Waals surface area (Å²) in [6, 6.07) is 7.78. The molecule has 1 aromatic rings. The van der Waals surface area contributed by atoms with Gasteiger partial charge in [0, 0.05) is 31.0 Å². The first-order valence-electron chi connectivity index (χ1n) is 6.60. The summed E-state index contributed by atoms with van der Waals surface area (Å²) in [7, 11) is 0. The predicted molar refractivity (Wildman–Crippen MR) is 77.5 cm³/mol. The molecule has 1 aromatic carbocycles. The first-order valence-corrected chi connectivity index (χ1v) is 7.75. The number of hydrogen-bond donors (Lipinski definition) is 1. The molecule has 4 nitrogen and oxygen atoms in total. The van der Waals surface area contributed by atoms with Crippen LogP contribution < -0.4 is 10.6 Å². The lowest BCUT2D eigenvalue weighted by Crippen LogP contribution is -2.49. The number of nitrogens with two attached hydrogens (primary N) is 1. The van der Waals surface area contributed by atoms with Crippen molar-refractivity contribution in [1.82, 2.24) is 0 Å². The summed E-state index contributed by atoms with van der Waals surface area (Å²) in [4.78, 5) is 13.9. The van der Waals surface area contributed by atoms with Crippen molar-refractivity contribution in [2.75, 3.05) is 23.0 Å². The fourth-order valence-corrected chi connectivity index (χ4v) is 3.99. The van der Waals surface area contributed by atoms with Gasteiger partial charge in [-0.2, -0.15) is 11.8 Å².